The summed E-state index contributed by atoms with van der Waals surface area (Å²) in [5.74, 6) is 1.64. The van der Waals surface area contributed by atoms with Crippen LogP contribution in [0, 0.1) is 0 Å². The van der Waals surface area contributed by atoms with Crippen LogP contribution in [0.5, 0.6) is 0 Å². The van der Waals surface area contributed by atoms with Gasteiger partial charge in [-0.25, -0.2) is 0 Å². The molecular weight excluding hydrogens is 318 g/mol. The molecule has 1 aromatic carbocycles. The average Bonchev–Trinajstić information content (AvgIpc) is 3.32. The van der Waals surface area contributed by atoms with Gasteiger partial charge in [0, 0.05) is 18.4 Å². The van der Waals surface area contributed by atoms with E-state index in [0.29, 0.717) is 18.1 Å². The molecule has 25 heavy (non-hydrogen) atoms. The number of aromatic nitrogens is 2. The second-order valence-corrected chi connectivity index (χ2v) is 5.87. The predicted molar refractivity (Wildman–Crippen MR) is 92.7 cm³/mol. The van der Waals surface area contributed by atoms with Gasteiger partial charge >= 0.3 is 0 Å². The molecule has 3 rings (SSSR count). The van der Waals surface area contributed by atoms with Crippen LogP contribution in [-0.4, -0.2) is 16.0 Å². The summed E-state index contributed by atoms with van der Waals surface area (Å²) in [5, 5.41) is 6.87. The minimum atomic E-state index is -0.169. The van der Waals surface area contributed by atoms with Crippen LogP contribution in [-0.2, 0) is 17.6 Å². The lowest BCUT2D eigenvalue weighted by Gasteiger charge is -2.10. The van der Waals surface area contributed by atoms with E-state index < -0.39 is 0 Å². The zero-order valence-corrected chi connectivity index (χ0v) is 14.4. The van der Waals surface area contributed by atoms with Crippen LogP contribution >= 0.6 is 0 Å². The van der Waals surface area contributed by atoms with E-state index in [1.54, 1.807) is 12.3 Å². The Morgan fingerprint density at radius 3 is 2.72 bits per heavy atom. The summed E-state index contributed by atoms with van der Waals surface area (Å²) >= 11 is 0. The molecule has 0 bridgehead atoms. The van der Waals surface area contributed by atoms with Crippen LogP contribution in [0.3, 0.4) is 0 Å². The number of benzene rings is 1. The van der Waals surface area contributed by atoms with Gasteiger partial charge in [-0.15, -0.1) is 0 Å². The third-order valence-electron chi connectivity index (χ3n) is 4.00. The maximum Gasteiger partial charge on any atom is 0.227 e. The van der Waals surface area contributed by atoms with Crippen LogP contribution in [0.1, 0.15) is 43.5 Å². The van der Waals surface area contributed by atoms with Crippen molar-refractivity contribution in [1.29, 1.82) is 0 Å². The van der Waals surface area contributed by atoms with Crippen molar-refractivity contribution in [2.45, 2.75) is 39.2 Å². The van der Waals surface area contributed by atoms with E-state index in [0.717, 1.165) is 17.7 Å². The van der Waals surface area contributed by atoms with Crippen LogP contribution in [0.2, 0.25) is 0 Å². The molecular formula is C19H21N3O3. The Morgan fingerprint density at radius 1 is 1.24 bits per heavy atom. The number of carbonyl (C=O) groups is 1. The molecule has 130 valence electrons. The Morgan fingerprint density at radius 2 is 2.04 bits per heavy atom. The Labute approximate surface area is 146 Å². The Kier molecular flexibility index (Phi) is 5.28. The molecule has 0 spiro atoms. The van der Waals surface area contributed by atoms with Gasteiger partial charge in [0.2, 0.25) is 17.6 Å². The van der Waals surface area contributed by atoms with Crippen molar-refractivity contribution in [3.8, 4) is 11.4 Å². The van der Waals surface area contributed by atoms with Crippen LogP contribution in [0.25, 0.3) is 11.4 Å². The highest BCUT2D eigenvalue weighted by molar-refractivity contribution is 5.76. The van der Waals surface area contributed by atoms with Gasteiger partial charge in [0.1, 0.15) is 5.76 Å². The number of rotatable bonds is 7. The molecule has 6 heteroatoms. The van der Waals surface area contributed by atoms with E-state index in [-0.39, 0.29) is 18.4 Å². The summed E-state index contributed by atoms with van der Waals surface area (Å²) in [6.45, 7) is 3.99. The van der Waals surface area contributed by atoms with Crippen LogP contribution in [0.4, 0.5) is 0 Å². The van der Waals surface area contributed by atoms with Crippen molar-refractivity contribution < 1.29 is 13.7 Å². The van der Waals surface area contributed by atoms with E-state index >= 15 is 0 Å². The van der Waals surface area contributed by atoms with E-state index in [9.17, 15) is 4.79 Å². The van der Waals surface area contributed by atoms with E-state index in [1.807, 2.05) is 25.1 Å². The minimum absolute atomic E-state index is 0.0871. The number of amides is 1. The SMILES string of the molecule is CCc1ccc(-c2noc(CCC(=O)NC(C)c3ccco3)n2)cc1. The first-order valence-corrected chi connectivity index (χ1v) is 8.40. The monoisotopic (exact) mass is 339 g/mol. The minimum Gasteiger partial charge on any atom is -0.467 e. The highest BCUT2D eigenvalue weighted by Gasteiger charge is 2.14. The maximum absolute atomic E-state index is 12.0. The second-order valence-electron chi connectivity index (χ2n) is 5.87. The summed E-state index contributed by atoms with van der Waals surface area (Å²) in [5.41, 5.74) is 2.16. The first-order chi connectivity index (χ1) is 12.2. The van der Waals surface area contributed by atoms with Crippen molar-refractivity contribution in [2.75, 3.05) is 0 Å². The first kappa shape index (κ1) is 17.0. The van der Waals surface area contributed by atoms with Gasteiger partial charge in [-0.3, -0.25) is 4.79 Å². The van der Waals surface area contributed by atoms with Gasteiger partial charge in [0.25, 0.3) is 0 Å². The molecule has 6 nitrogen and oxygen atoms in total. The predicted octanol–water partition coefficient (Wildman–Crippen LogP) is 3.70. The van der Waals surface area contributed by atoms with Crippen molar-refractivity contribution in [2.24, 2.45) is 0 Å². The molecule has 1 unspecified atom stereocenters. The summed E-state index contributed by atoms with van der Waals surface area (Å²) in [6, 6.07) is 11.5. The van der Waals surface area contributed by atoms with Gasteiger partial charge in [-0.1, -0.05) is 36.3 Å². The molecule has 1 atom stereocenters. The molecule has 0 aliphatic rings. The molecule has 3 aromatic rings. The highest BCUT2D eigenvalue weighted by Crippen LogP contribution is 2.17. The lowest BCUT2D eigenvalue weighted by Crippen LogP contribution is -2.26. The first-order valence-electron chi connectivity index (χ1n) is 8.40. The summed E-state index contributed by atoms with van der Waals surface area (Å²) in [4.78, 5) is 16.4. The van der Waals surface area contributed by atoms with Crippen molar-refractivity contribution >= 4 is 5.91 Å². The quantitative estimate of drug-likeness (QED) is 0.710. The fourth-order valence-electron chi connectivity index (χ4n) is 2.51. The molecule has 0 aliphatic carbocycles. The zero-order chi connectivity index (χ0) is 17.6. The fourth-order valence-corrected chi connectivity index (χ4v) is 2.51. The Hall–Kier alpha value is -2.89. The fraction of sp³-hybridized carbons (Fsp3) is 0.316. The number of aryl methyl sites for hydroxylation is 2. The van der Waals surface area contributed by atoms with E-state index in [1.165, 1.54) is 5.56 Å². The number of carbonyl (C=O) groups excluding carboxylic acids is 1. The summed E-state index contributed by atoms with van der Waals surface area (Å²) in [6.07, 6.45) is 3.26. The van der Waals surface area contributed by atoms with Gasteiger partial charge in [-0.05, 0) is 31.0 Å². The second kappa shape index (κ2) is 7.79. The van der Waals surface area contributed by atoms with E-state index in [4.69, 9.17) is 8.94 Å². The number of nitrogens with one attached hydrogen (secondary N) is 1. The molecule has 0 fully saturated rings. The van der Waals surface area contributed by atoms with Crippen molar-refractivity contribution in [3.63, 3.8) is 0 Å². The van der Waals surface area contributed by atoms with Gasteiger partial charge < -0.3 is 14.3 Å². The topological polar surface area (TPSA) is 81.2 Å². The number of hydrogen-bond acceptors (Lipinski definition) is 5. The number of hydrogen-bond donors (Lipinski definition) is 1. The smallest absolute Gasteiger partial charge is 0.227 e. The van der Waals surface area contributed by atoms with Gasteiger partial charge in [0.15, 0.2) is 0 Å². The van der Waals surface area contributed by atoms with Crippen molar-refractivity contribution in [1.82, 2.24) is 15.5 Å². The highest BCUT2D eigenvalue weighted by atomic mass is 16.5. The maximum atomic E-state index is 12.0. The molecule has 1 N–H and O–H groups in total. The standard InChI is InChI=1S/C19H21N3O3/c1-3-14-6-8-15(9-7-14)19-21-18(25-22-19)11-10-17(23)20-13(2)16-5-4-12-24-16/h4-9,12-13H,3,10-11H2,1-2H3,(H,20,23). The number of nitrogens with zero attached hydrogens (tertiary/aromatic N) is 2. The largest absolute Gasteiger partial charge is 0.467 e. The summed E-state index contributed by atoms with van der Waals surface area (Å²) in [7, 11) is 0. The molecule has 2 aromatic heterocycles. The lowest BCUT2D eigenvalue weighted by atomic mass is 10.1. The molecule has 0 radical (unpaired) electrons. The molecule has 0 aliphatic heterocycles. The normalized spacial score (nSPS) is 12.1. The third-order valence-corrected chi connectivity index (χ3v) is 4.00. The third kappa shape index (κ3) is 4.35. The van der Waals surface area contributed by atoms with Crippen LogP contribution < -0.4 is 5.32 Å². The zero-order valence-electron chi connectivity index (χ0n) is 14.4. The molecule has 1 amide bonds. The summed E-state index contributed by atoms with van der Waals surface area (Å²) < 4.78 is 10.5. The molecule has 0 saturated heterocycles. The molecule has 0 saturated carbocycles. The van der Waals surface area contributed by atoms with Gasteiger partial charge in [-0.2, -0.15) is 4.98 Å². The lowest BCUT2D eigenvalue weighted by molar-refractivity contribution is -0.121. The van der Waals surface area contributed by atoms with Crippen molar-refractivity contribution in [3.05, 3.63) is 59.9 Å². The number of furan rings is 1. The Bertz CT molecular complexity index is 807. The van der Waals surface area contributed by atoms with Crippen LogP contribution in [0.15, 0.2) is 51.6 Å². The Balaban J connectivity index is 1.53. The van der Waals surface area contributed by atoms with Gasteiger partial charge in [0.05, 0.1) is 12.3 Å². The van der Waals surface area contributed by atoms with E-state index in [2.05, 4.69) is 34.5 Å². The molecule has 2 heterocycles. The average molecular weight is 339 g/mol.